The Morgan fingerprint density at radius 2 is 0.527 bits per heavy atom. The molecule has 0 amide bonds. The molecule has 0 aliphatic heterocycles. The van der Waals surface area contributed by atoms with Gasteiger partial charge in [-0.15, -0.1) is 0 Å². The van der Waals surface area contributed by atoms with E-state index in [1.165, 1.54) is 205 Å². The fourth-order valence-corrected chi connectivity index (χ4v) is 9.43. The van der Waals surface area contributed by atoms with Gasteiger partial charge in [0.2, 0.25) is 0 Å². The highest BCUT2D eigenvalue weighted by Crippen LogP contribution is 2.17. The SMILES string of the molecule is CC/C=C\C/C=C\C/C=C\C/C=C\CCCCCCCCCCCCCCCCCCCCC(=O)OCC(COC(=O)CCCCCCCCCCCCCC)OC(=O)CCCCCCC/C=C\CCCCCC. The maximum atomic E-state index is 12.8. The molecule has 6 heteroatoms. The molecule has 0 aromatic heterocycles. The summed E-state index contributed by atoms with van der Waals surface area (Å²) in [5, 5.41) is 0. The standard InChI is InChI=1S/C68H122O6/c1-4-7-10-13-16-19-22-25-26-27-28-29-30-31-32-33-34-35-36-37-38-39-40-41-42-44-46-49-52-55-58-61-67(70)73-64-65(63-72-66(69)60-57-54-51-48-45-24-21-18-15-12-9-6-3)74-68(71)62-59-56-53-50-47-43-23-20-17-14-11-8-5-2/h7,10,16,19-20,23,25-26,28-29,65H,4-6,8-9,11-15,17-18,21-22,24,27,30-64H2,1-3H3/b10-7-,19-16-,23-20-,26-25-,29-28-. The van der Waals surface area contributed by atoms with Crippen molar-refractivity contribution in [3.8, 4) is 0 Å². The zero-order valence-corrected chi connectivity index (χ0v) is 49.4. The van der Waals surface area contributed by atoms with E-state index in [1.54, 1.807) is 0 Å². The highest BCUT2D eigenvalue weighted by atomic mass is 16.6. The van der Waals surface area contributed by atoms with Gasteiger partial charge in [0.25, 0.3) is 0 Å². The van der Waals surface area contributed by atoms with Crippen LogP contribution in [0.5, 0.6) is 0 Å². The number of allylic oxidation sites excluding steroid dienone is 10. The third kappa shape index (κ3) is 60.0. The monoisotopic (exact) mass is 1030 g/mol. The average molecular weight is 1040 g/mol. The van der Waals surface area contributed by atoms with Gasteiger partial charge in [-0.25, -0.2) is 0 Å². The van der Waals surface area contributed by atoms with Crippen molar-refractivity contribution >= 4 is 17.9 Å². The zero-order valence-electron chi connectivity index (χ0n) is 49.4. The van der Waals surface area contributed by atoms with Crippen LogP contribution in [0.4, 0.5) is 0 Å². The molecule has 430 valence electrons. The molecule has 1 unspecified atom stereocenters. The number of ether oxygens (including phenoxy) is 3. The van der Waals surface area contributed by atoms with Crippen LogP contribution in [0.15, 0.2) is 60.8 Å². The van der Waals surface area contributed by atoms with Crippen molar-refractivity contribution in [2.45, 2.75) is 341 Å². The van der Waals surface area contributed by atoms with Crippen LogP contribution in [-0.4, -0.2) is 37.2 Å². The van der Waals surface area contributed by atoms with Crippen LogP contribution in [-0.2, 0) is 28.6 Å². The van der Waals surface area contributed by atoms with Gasteiger partial charge in [-0.1, -0.05) is 293 Å². The fourth-order valence-electron chi connectivity index (χ4n) is 9.43. The van der Waals surface area contributed by atoms with Gasteiger partial charge in [-0.3, -0.25) is 14.4 Å². The average Bonchev–Trinajstić information content (AvgIpc) is 3.40. The number of hydrogen-bond donors (Lipinski definition) is 0. The van der Waals surface area contributed by atoms with Crippen LogP contribution in [0.25, 0.3) is 0 Å². The highest BCUT2D eigenvalue weighted by molar-refractivity contribution is 5.71. The summed E-state index contributed by atoms with van der Waals surface area (Å²) in [4.78, 5) is 38.2. The lowest BCUT2D eigenvalue weighted by Gasteiger charge is -2.18. The van der Waals surface area contributed by atoms with E-state index in [0.29, 0.717) is 19.3 Å². The molecule has 0 fully saturated rings. The second-order valence-electron chi connectivity index (χ2n) is 21.6. The Kier molecular flexibility index (Phi) is 60.2. The van der Waals surface area contributed by atoms with Crippen LogP contribution in [0.2, 0.25) is 0 Å². The Balaban J connectivity index is 4.10. The molecular formula is C68H122O6. The minimum atomic E-state index is -0.774. The number of rotatable bonds is 59. The molecule has 6 nitrogen and oxygen atoms in total. The van der Waals surface area contributed by atoms with Crippen molar-refractivity contribution in [3.05, 3.63) is 60.8 Å². The summed E-state index contributed by atoms with van der Waals surface area (Å²) < 4.78 is 16.9. The van der Waals surface area contributed by atoms with E-state index in [-0.39, 0.29) is 31.1 Å². The van der Waals surface area contributed by atoms with Crippen molar-refractivity contribution in [2.75, 3.05) is 13.2 Å². The first-order valence-corrected chi connectivity index (χ1v) is 32.3. The largest absolute Gasteiger partial charge is 0.462 e. The summed E-state index contributed by atoms with van der Waals surface area (Å²) in [5.41, 5.74) is 0. The van der Waals surface area contributed by atoms with Crippen molar-refractivity contribution in [3.63, 3.8) is 0 Å². The maximum absolute atomic E-state index is 12.8. The maximum Gasteiger partial charge on any atom is 0.306 e. The molecular weight excluding hydrogens is 913 g/mol. The van der Waals surface area contributed by atoms with E-state index >= 15 is 0 Å². The third-order valence-electron chi connectivity index (χ3n) is 14.3. The van der Waals surface area contributed by atoms with Crippen molar-refractivity contribution in [2.24, 2.45) is 0 Å². The smallest absolute Gasteiger partial charge is 0.306 e. The topological polar surface area (TPSA) is 78.9 Å². The van der Waals surface area contributed by atoms with Gasteiger partial charge in [0.1, 0.15) is 13.2 Å². The third-order valence-corrected chi connectivity index (χ3v) is 14.3. The molecule has 0 rings (SSSR count). The van der Waals surface area contributed by atoms with Gasteiger partial charge in [0.15, 0.2) is 6.10 Å². The summed E-state index contributed by atoms with van der Waals surface area (Å²) in [6.07, 6.45) is 79.6. The molecule has 0 radical (unpaired) electrons. The van der Waals surface area contributed by atoms with Gasteiger partial charge in [0, 0.05) is 19.3 Å². The van der Waals surface area contributed by atoms with E-state index in [9.17, 15) is 14.4 Å². The Morgan fingerprint density at radius 3 is 0.851 bits per heavy atom. The molecule has 0 saturated carbocycles. The summed E-state index contributed by atoms with van der Waals surface area (Å²) in [7, 11) is 0. The Labute approximate surface area is 460 Å². The molecule has 0 aromatic carbocycles. The van der Waals surface area contributed by atoms with Crippen LogP contribution in [0.3, 0.4) is 0 Å². The predicted octanol–water partition coefficient (Wildman–Crippen LogP) is 21.9. The minimum absolute atomic E-state index is 0.0719. The van der Waals surface area contributed by atoms with Crippen LogP contribution >= 0.6 is 0 Å². The Morgan fingerprint density at radius 1 is 0.284 bits per heavy atom. The first kappa shape index (κ1) is 71.1. The Bertz CT molecular complexity index is 1330. The number of esters is 3. The first-order chi connectivity index (χ1) is 36.5. The molecule has 0 saturated heterocycles. The number of unbranched alkanes of at least 4 members (excludes halogenated alkanes) is 38. The normalized spacial score (nSPS) is 12.4. The minimum Gasteiger partial charge on any atom is -0.462 e. The molecule has 74 heavy (non-hydrogen) atoms. The summed E-state index contributed by atoms with van der Waals surface area (Å²) >= 11 is 0. The van der Waals surface area contributed by atoms with Crippen molar-refractivity contribution in [1.82, 2.24) is 0 Å². The van der Waals surface area contributed by atoms with E-state index in [0.717, 1.165) is 89.9 Å². The van der Waals surface area contributed by atoms with E-state index in [1.807, 2.05) is 0 Å². The number of hydrogen-bond acceptors (Lipinski definition) is 6. The van der Waals surface area contributed by atoms with E-state index < -0.39 is 6.10 Å². The Hall–Kier alpha value is -2.89. The van der Waals surface area contributed by atoms with Crippen LogP contribution in [0, 0.1) is 0 Å². The molecule has 0 spiro atoms. The van der Waals surface area contributed by atoms with Gasteiger partial charge < -0.3 is 14.2 Å². The molecule has 0 aliphatic carbocycles. The second kappa shape index (κ2) is 62.6. The van der Waals surface area contributed by atoms with Crippen molar-refractivity contribution in [1.29, 1.82) is 0 Å². The molecule has 0 aromatic rings. The zero-order chi connectivity index (χ0) is 53.6. The summed E-state index contributed by atoms with van der Waals surface area (Å²) in [5.74, 6) is -0.863. The second-order valence-corrected chi connectivity index (χ2v) is 21.6. The van der Waals surface area contributed by atoms with Gasteiger partial charge in [0.05, 0.1) is 0 Å². The summed E-state index contributed by atoms with van der Waals surface area (Å²) in [6.45, 7) is 6.54. The molecule has 0 aliphatic rings. The van der Waals surface area contributed by atoms with Gasteiger partial charge >= 0.3 is 17.9 Å². The molecule has 0 N–H and O–H groups in total. The molecule has 1 atom stereocenters. The highest BCUT2D eigenvalue weighted by Gasteiger charge is 2.19. The summed E-state index contributed by atoms with van der Waals surface area (Å²) in [6, 6.07) is 0. The number of carbonyl (C=O) groups excluding carboxylic acids is 3. The first-order valence-electron chi connectivity index (χ1n) is 32.3. The van der Waals surface area contributed by atoms with Crippen molar-refractivity contribution < 1.29 is 28.6 Å². The number of carbonyl (C=O) groups is 3. The molecule has 0 bridgehead atoms. The van der Waals surface area contributed by atoms with Gasteiger partial charge in [-0.05, 0) is 83.5 Å². The fraction of sp³-hybridized carbons (Fsp3) is 0.809. The van der Waals surface area contributed by atoms with E-state index in [4.69, 9.17) is 14.2 Å². The van der Waals surface area contributed by atoms with E-state index in [2.05, 4.69) is 81.5 Å². The lowest BCUT2D eigenvalue weighted by atomic mass is 10.0. The van der Waals surface area contributed by atoms with Crippen LogP contribution < -0.4 is 0 Å². The van der Waals surface area contributed by atoms with Crippen LogP contribution in [0.1, 0.15) is 335 Å². The lowest BCUT2D eigenvalue weighted by Crippen LogP contribution is -2.30. The lowest BCUT2D eigenvalue weighted by molar-refractivity contribution is -0.167. The predicted molar refractivity (Wildman–Crippen MR) is 321 cm³/mol. The molecule has 0 heterocycles. The quantitative estimate of drug-likeness (QED) is 0.0261. The van der Waals surface area contributed by atoms with Gasteiger partial charge in [-0.2, -0.15) is 0 Å².